The van der Waals surface area contributed by atoms with Crippen molar-refractivity contribution in [3.8, 4) is 12.3 Å². The second-order valence-electron chi connectivity index (χ2n) is 14.2. The Hall–Kier alpha value is -3.82. The predicted octanol–water partition coefficient (Wildman–Crippen LogP) is 2.63. The molecule has 1 heterocycles. The molecular weight excluding hydrogens is 604 g/mol. The summed E-state index contributed by atoms with van der Waals surface area (Å²) in [5.41, 5.74) is -1.05. The summed E-state index contributed by atoms with van der Waals surface area (Å²) in [5, 5.41) is 13.6. The van der Waals surface area contributed by atoms with E-state index in [0.717, 1.165) is 19.3 Å². The molecule has 0 spiro atoms. The second-order valence-corrected chi connectivity index (χ2v) is 14.2. The molecule has 1 aliphatic carbocycles. The molecule has 0 aromatic rings. The first-order valence-electron chi connectivity index (χ1n) is 16.9. The van der Waals surface area contributed by atoms with Crippen molar-refractivity contribution >= 4 is 35.6 Å². The van der Waals surface area contributed by atoms with Crippen molar-refractivity contribution in [3.05, 3.63) is 0 Å². The van der Waals surface area contributed by atoms with Gasteiger partial charge >= 0.3 is 12.1 Å². The summed E-state index contributed by atoms with van der Waals surface area (Å²) in [4.78, 5) is 80.4. The van der Waals surface area contributed by atoms with Crippen molar-refractivity contribution in [2.45, 2.75) is 124 Å². The fraction of sp³-hybridized carbons (Fsp3) is 0.765. The maximum atomic E-state index is 14.5. The van der Waals surface area contributed by atoms with Crippen LogP contribution in [-0.4, -0.2) is 90.9 Å². The molecule has 13 heteroatoms. The number of carbonyl (C=O) groups is 6. The average molecular weight is 661 g/mol. The molecule has 1 saturated carbocycles. The van der Waals surface area contributed by atoms with Crippen molar-refractivity contribution in [1.82, 2.24) is 31.5 Å². The van der Waals surface area contributed by atoms with Crippen LogP contribution in [0.2, 0.25) is 0 Å². The number of likely N-dealkylation sites (N-methyl/N-ethyl adjacent to an activating group) is 1. The van der Waals surface area contributed by atoms with Gasteiger partial charge in [0, 0.05) is 26.1 Å². The molecule has 4 unspecified atom stereocenters. The lowest BCUT2D eigenvalue weighted by Gasteiger charge is -2.42. The normalized spacial score (nSPS) is 20.9. The van der Waals surface area contributed by atoms with Crippen LogP contribution in [0.15, 0.2) is 0 Å². The van der Waals surface area contributed by atoms with Crippen molar-refractivity contribution in [2.75, 3.05) is 26.2 Å². The number of alkyl carbamates (subject to hydrolysis) is 1. The molecule has 5 atom stereocenters. The van der Waals surface area contributed by atoms with Gasteiger partial charge in [0.2, 0.25) is 17.6 Å². The summed E-state index contributed by atoms with van der Waals surface area (Å²) >= 11 is 0. The Morgan fingerprint density at radius 3 is 2.19 bits per heavy atom. The fourth-order valence-corrected chi connectivity index (χ4v) is 6.25. The van der Waals surface area contributed by atoms with E-state index in [4.69, 9.17) is 11.2 Å². The van der Waals surface area contributed by atoms with E-state index < -0.39 is 64.7 Å². The molecule has 1 saturated heterocycles. The number of likely N-dealkylation sites (tertiary alicyclic amines) is 1. The molecule has 13 nitrogen and oxygen atoms in total. The van der Waals surface area contributed by atoms with Gasteiger partial charge in [-0.15, -0.1) is 12.3 Å². The molecule has 47 heavy (non-hydrogen) atoms. The third-order valence-corrected chi connectivity index (χ3v) is 9.14. The Bertz CT molecular complexity index is 1170. The highest BCUT2D eigenvalue weighted by atomic mass is 16.5. The highest BCUT2D eigenvalue weighted by Crippen LogP contribution is 2.40. The van der Waals surface area contributed by atoms with Crippen LogP contribution in [0.25, 0.3) is 0 Å². The Labute approximate surface area is 279 Å². The number of urea groups is 1. The van der Waals surface area contributed by atoms with Gasteiger partial charge in [-0.1, -0.05) is 53.9 Å². The Balaban J connectivity index is 2.33. The number of amides is 6. The van der Waals surface area contributed by atoms with Gasteiger partial charge in [-0.05, 0) is 56.3 Å². The molecule has 2 aliphatic rings. The second kappa shape index (κ2) is 17.9. The lowest BCUT2D eigenvalue weighted by Crippen LogP contribution is -2.62. The summed E-state index contributed by atoms with van der Waals surface area (Å²) in [6.07, 6.45) is 9.66. The van der Waals surface area contributed by atoms with Crippen LogP contribution in [0.1, 0.15) is 99.8 Å². The number of ketones is 1. The summed E-state index contributed by atoms with van der Waals surface area (Å²) in [6.45, 7) is 14.0. The Morgan fingerprint density at radius 2 is 1.62 bits per heavy atom. The molecule has 0 radical (unpaired) electrons. The lowest BCUT2D eigenvalue weighted by atomic mass is 9.70. The number of terminal acetylenes is 1. The zero-order chi connectivity index (χ0) is 35.4. The maximum absolute atomic E-state index is 14.5. The van der Waals surface area contributed by atoms with Gasteiger partial charge in [0.15, 0.2) is 0 Å². The van der Waals surface area contributed by atoms with Gasteiger partial charge in [0.1, 0.15) is 18.7 Å². The van der Waals surface area contributed by atoms with Crippen LogP contribution in [0.4, 0.5) is 9.59 Å². The van der Waals surface area contributed by atoms with Gasteiger partial charge < -0.3 is 36.2 Å². The van der Waals surface area contributed by atoms with E-state index >= 15 is 0 Å². The van der Waals surface area contributed by atoms with E-state index in [9.17, 15) is 28.8 Å². The van der Waals surface area contributed by atoms with E-state index in [0.29, 0.717) is 25.8 Å². The first kappa shape index (κ1) is 39.4. The minimum atomic E-state index is -1.13. The molecule has 1 aliphatic heterocycles. The monoisotopic (exact) mass is 660 g/mol. The molecular formula is C34H56N6O7. The third kappa shape index (κ3) is 11.4. The summed E-state index contributed by atoms with van der Waals surface area (Å²) in [6, 6.07) is -4.12. The summed E-state index contributed by atoms with van der Waals surface area (Å²) < 4.78 is 5.32. The zero-order valence-electron chi connectivity index (χ0n) is 29.3. The Kier molecular flexibility index (Phi) is 15.0. The van der Waals surface area contributed by atoms with Crippen molar-refractivity contribution in [2.24, 2.45) is 16.7 Å². The molecule has 0 bridgehead atoms. The van der Waals surface area contributed by atoms with Gasteiger partial charge in [0.05, 0.1) is 12.1 Å². The van der Waals surface area contributed by atoms with Crippen LogP contribution >= 0.6 is 0 Å². The van der Waals surface area contributed by atoms with Crippen LogP contribution in [0, 0.1) is 29.1 Å². The molecule has 5 N–H and O–H groups in total. The Morgan fingerprint density at radius 1 is 0.979 bits per heavy atom. The number of nitrogens with one attached hydrogen (secondary N) is 5. The van der Waals surface area contributed by atoms with Crippen LogP contribution in [0.5, 0.6) is 0 Å². The van der Waals surface area contributed by atoms with Gasteiger partial charge in [-0.2, -0.15) is 0 Å². The maximum Gasteiger partial charge on any atom is 0.407 e. The van der Waals surface area contributed by atoms with Crippen LogP contribution in [0.3, 0.4) is 0 Å². The van der Waals surface area contributed by atoms with Crippen LogP contribution < -0.4 is 26.6 Å². The topological polar surface area (TPSA) is 175 Å². The fourth-order valence-electron chi connectivity index (χ4n) is 6.25. The smallest absolute Gasteiger partial charge is 0.407 e. The summed E-state index contributed by atoms with van der Waals surface area (Å²) in [7, 11) is 0. The van der Waals surface area contributed by atoms with Gasteiger partial charge in [0.25, 0.3) is 5.91 Å². The van der Waals surface area contributed by atoms with E-state index in [-0.39, 0.29) is 44.4 Å². The predicted molar refractivity (Wildman–Crippen MR) is 178 cm³/mol. The van der Waals surface area contributed by atoms with Crippen molar-refractivity contribution in [3.63, 3.8) is 0 Å². The molecule has 0 aromatic carbocycles. The average Bonchev–Trinajstić information content (AvgIpc) is 3.41. The first-order chi connectivity index (χ1) is 22.1. The van der Waals surface area contributed by atoms with E-state index in [1.807, 2.05) is 34.6 Å². The minimum absolute atomic E-state index is 0.0247. The SMILES string of the molecule is C#CCCC(NC(=O)C1C[C@@H](C)CN1C(=O)C(NC(=O)NC(COC(=O)NCC)C(C)(C)C)C1(C)CCCCC1)C(=O)C(=O)NCC. The quantitative estimate of drug-likeness (QED) is 0.141. The molecule has 264 valence electrons. The largest absolute Gasteiger partial charge is 0.447 e. The zero-order valence-corrected chi connectivity index (χ0v) is 29.3. The van der Waals surface area contributed by atoms with E-state index in [2.05, 4.69) is 32.5 Å². The molecule has 2 rings (SSSR count). The number of hydrogen-bond acceptors (Lipinski definition) is 7. The number of hydrogen-bond donors (Lipinski definition) is 5. The number of Topliss-reactive ketones (excluding diaryl/α,β-unsaturated/α-hetero) is 1. The highest BCUT2D eigenvalue weighted by Gasteiger charge is 2.48. The number of ether oxygens (including phenoxy) is 1. The number of rotatable bonds is 14. The van der Waals surface area contributed by atoms with E-state index in [1.54, 1.807) is 13.8 Å². The van der Waals surface area contributed by atoms with Gasteiger partial charge in [-0.25, -0.2) is 9.59 Å². The number of nitrogens with zero attached hydrogens (tertiary/aromatic N) is 1. The highest BCUT2D eigenvalue weighted by molar-refractivity contribution is 6.38. The van der Waals surface area contributed by atoms with Gasteiger partial charge in [-0.3, -0.25) is 19.2 Å². The van der Waals surface area contributed by atoms with Crippen LogP contribution in [-0.2, 0) is 23.9 Å². The molecule has 2 fully saturated rings. The third-order valence-electron chi connectivity index (χ3n) is 9.14. The standard InChI is InChI=1S/C34H56N6O7/c1-9-12-16-23(26(41)29(43)35-10-2)37-28(42)24-19-22(4)20-40(24)30(44)27(34(8)17-14-13-15-18-34)39-31(45)38-25(33(5,6)7)21-47-32(46)36-11-3/h1,22-25,27H,10-21H2,2-8H3,(H,35,43)(H,36,46)(H,37,42)(H2,38,39,45)/t22-,23?,24?,25?,27?/m1/s1. The minimum Gasteiger partial charge on any atom is -0.447 e. The lowest BCUT2D eigenvalue weighted by molar-refractivity contribution is -0.144. The summed E-state index contributed by atoms with van der Waals surface area (Å²) in [5.74, 6) is -0.117. The van der Waals surface area contributed by atoms with E-state index in [1.165, 1.54) is 4.90 Å². The van der Waals surface area contributed by atoms with Crippen molar-refractivity contribution in [1.29, 1.82) is 0 Å². The van der Waals surface area contributed by atoms with Crippen molar-refractivity contribution < 1.29 is 33.5 Å². The molecule has 6 amide bonds. The first-order valence-corrected chi connectivity index (χ1v) is 16.9. The molecule has 0 aromatic heterocycles. The number of carbonyl (C=O) groups excluding carboxylic acids is 6.